The molecule has 2 aromatic carbocycles. The highest BCUT2D eigenvalue weighted by atomic mass is 16.2. The minimum absolute atomic E-state index is 0.146. The summed E-state index contributed by atoms with van der Waals surface area (Å²) in [6, 6.07) is 14.0. The fourth-order valence-electron chi connectivity index (χ4n) is 2.84. The standard InChI is InChI=1S/C19H17N3O2/c1-13-11-16(8-9-17(13)22-10-2-3-18(22)23)21-19(24)15-6-4-14(12-20)5-7-15/h4-9,11H,2-3,10H2,1H3,(H,21,24). The molecule has 1 aliphatic rings. The van der Waals surface area contributed by atoms with Crippen LogP contribution in [0.1, 0.15) is 34.3 Å². The molecule has 0 radical (unpaired) electrons. The van der Waals surface area contributed by atoms with E-state index in [4.69, 9.17) is 5.26 Å². The maximum Gasteiger partial charge on any atom is 0.255 e. The van der Waals surface area contributed by atoms with Gasteiger partial charge in [0.15, 0.2) is 0 Å². The van der Waals surface area contributed by atoms with Crippen molar-refractivity contribution in [3.8, 4) is 6.07 Å². The first kappa shape index (κ1) is 15.8. The van der Waals surface area contributed by atoms with Gasteiger partial charge in [0, 0.05) is 29.9 Å². The largest absolute Gasteiger partial charge is 0.322 e. The molecule has 1 aliphatic heterocycles. The van der Waals surface area contributed by atoms with E-state index in [2.05, 4.69) is 5.32 Å². The van der Waals surface area contributed by atoms with Crippen molar-refractivity contribution in [3.63, 3.8) is 0 Å². The molecule has 2 amide bonds. The molecule has 0 saturated carbocycles. The zero-order chi connectivity index (χ0) is 17.1. The Morgan fingerprint density at radius 2 is 1.96 bits per heavy atom. The number of anilines is 2. The molecule has 1 heterocycles. The normalized spacial score (nSPS) is 13.7. The molecule has 5 heteroatoms. The molecule has 24 heavy (non-hydrogen) atoms. The minimum atomic E-state index is -0.233. The summed E-state index contributed by atoms with van der Waals surface area (Å²) in [6.07, 6.45) is 1.48. The summed E-state index contributed by atoms with van der Waals surface area (Å²) in [5, 5.41) is 11.6. The number of aryl methyl sites for hydroxylation is 1. The van der Waals surface area contributed by atoms with Crippen LogP contribution < -0.4 is 10.2 Å². The second kappa shape index (κ2) is 6.55. The van der Waals surface area contributed by atoms with Crippen LogP contribution in [0.15, 0.2) is 42.5 Å². The fraction of sp³-hybridized carbons (Fsp3) is 0.211. The van der Waals surface area contributed by atoms with Crippen molar-refractivity contribution in [2.75, 3.05) is 16.8 Å². The summed E-state index contributed by atoms with van der Waals surface area (Å²) in [5.41, 5.74) is 3.53. The van der Waals surface area contributed by atoms with Crippen LogP contribution in [0.3, 0.4) is 0 Å². The maximum atomic E-state index is 12.3. The van der Waals surface area contributed by atoms with Gasteiger partial charge in [0.25, 0.3) is 5.91 Å². The van der Waals surface area contributed by atoms with Crippen LogP contribution in [0.5, 0.6) is 0 Å². The van der Waals surface area contributed by atoms with Crippen LogP contribution in [-0.2, 0) is 4.79 Å². The zero-order valence-corrected chi connectivity index (χ0v) is 13.4. The molecule has 0 unspecified atom stereocenters. The van der Waals surface area contributed by atoms with E-state index < -0.39 is 0 Å². The van der Waals surface area contributed by atoms with Crippen LogP contribution in [0, 0.1) is 18.3 Å². The van der Waals surface area contributed by atoms with E-state index in [1.165, 1.54) is 0 Å². The molecule has 0 aliphatic carbocycles. The van der Waals surface area contributed by atoms with Crippen molar-refractivity contribution >= 4 is 23.2 Å². The van der Waals surface area contributed by atoms with Crippen molar-refractivity contribution in [3.05, 3.63) is 59.2 Å². The summed E-state index contributed by atoms with van der Waals surface area (Å²) in [5.74, 6) is -0.0867. The van der Waals surface area contributed by atoms with Crippen LogP contribution in [0.2, 0.25) is 0 Å². The average molecular weight is 319 g/mol. The first-order chi connectivity index (χ1) is 11.6. The van der Waals surface area contributed by atoms with E-state index in [1.54, 1.807) is 35.2 Å². The van der Waals surface area contributed by atoms with E-state index in [0.717, 1.165) is 24.2 Å². The lowest BCUT2D eigenvalue weighted by Gasteiger charge is -2.19. The van der Waals surface area contributed by atoms with E-state index in [1.807, 2.05) is 25.1 Å². The highest BCUT2D eigenvalue weighted by molar-refractivity contribution is 6.04. The van der Waals surface area contributed by atoms with E-state index in [9.17, 15) is 9.59 Å². The summed E-state index contributed by atoms with van der Waals surface area (Å²) in [7, 11) is 0. The van der Waals surface area contributed by atoms with Gasteiger partial charge < -0.3 is 10.2 Å². The molecule has 3 rings (SSSR count). The number of nitriles is 1. The molecular weight excluding hydrogens is 302 g/mol. The molecule has 1 fully saturated rings. The first-order valence-electron chi connectivity index (χ1n) is 7.81. The second-order valence-corrected chi connectivity index (χ2v) is 5.79. The molecule has 120 valence electrons. The van der Waals surface area contributed by atoms with Gasteiger partial charge in [-0.2, -0.15) is 5.26 Å². The number of hydrogen-bond donors (Lipinski definition) is 1. The van der Waals surface area contributed by atoms with Gasteiger partial charge >= 0.3 is 0 Å². The topological polar surface area (TPSA) is 73.2 Å². The van der Waals surface area contributed by atoms with Gasteiger partial charge in [-0.25, -0.2) is 0 Å². The van der Waals surface area contributed by atoms with Crippen LogP contribution >= 0.6 is 0 Å². The first-order valence-corrected chi connectivity index (χ1v) is 7.81. The summed E-state index contributed by atoms with van der Waals surface area (Å²) in [6.45, 7) is 2.68. The van der Waals surface area contributed by atoms with Gasteiger partial charge in [-0.3, -0.25) is 9.59 Å². The van der Waals surface area contributed by atoms with Crippen molar-refractivity contribution in [1.82, 2.24) is 0 Å². The molecule has 1 saturated heterocycles. The number of carbonyl (C=O) groups excluding carboxylic acids is 2. The van der Waals surface area contributed by atoms with Crippen LogP contribution in [0.4, 0.5) is 11.4 Å². The SMILES string of the molecule is Cc1cc(NC(=O)c2ccc(C#N)cc2)ccc1N1CCCC1=O. The Balaban J connectivity index is 1.75. The number of nitrogens with zero attached hydrogens (tertiary/aromatic N) is 2. The Morgan fingerprint density at radius 1 is 1.21 bits per heavy atom. The van der Waals surface area contributed by atoms with E-state index in [-0.39, 0.29) is 11.8 Å². The number of amides is 2. The Hall–Kier alpha value is -3.13. The monoisotopic (exact) mass is 319 g/mol. The van der Waals surface area contributed by atoms with Crippen LogP contribution in [0.25, 0.3) is 0 Å². The Morgan fingerprint density at radius 3 is 2.54 bits per heavy atom. The highest BCUT2D eigenvalue weighted by Gasteiger charge is 2.23. The Kier molecular flexibility index (Phi) is 4.30. The van der Waals surface area contributed by atoms with Gasteiger partial charge in [0.05, 0.1) is 11.6 Å². The van der Waals surface area contributed by atoms with Gasteiger partial charge in [0.2, 0.25) is 5.91 Å². The lowest BCUT2D eigenvalue weighted by molar-refractivity contribution is -0.117. The maximum absolute atomic E-state index is 12.3. The zero-order valence-electron chi connectivity index (χ0n) is 13.4. The fourth-order valence-corrected chi connectivity index (χ4v) is 2.84. The summed E-state index contributed by atoms with van der Waals surface area (Å²) < 4.78 is 0. The molecule has 1 N–H and O–H groups in total. The number of benzene rings is 2. The lowest BCUT2D eigenvalue weighted by atomic mass is 10.1. The molecule has 2 aromatic rings. The third-order valence-corrected chi connectivity index (χ3v) is 4.10. The smallest absolute Gasteiger partial charge is 0.255 e. The van der Waals surface area contributed by atoms with Crippen molar-refractivity contribution in [2.24, 2.45) is 0 Å². The van der Waals surface area contributed by atoms with Crippen molar-refractivity contribution in [1.29, 1.82) is 5.26 Å². The molecule has 0 spiro atoms. The molecule has 0 aromatic heterocycles. The Bertz CT molecular complexity index is 835. The number of hydrogen-bond acceptors (Lipinski definition) is 3. The number of carbonyl (C=O) groups is 2. The highest BCUT2D eigenvalue weighted by Crippen LogP contribution is 2.27. The quantitative estimate of drug-likeness (QED) is 0.944. The van der Waals surface area contributed by atoms with E-state index in [0.29, 0.717) is 23.2 Å². The third-order valence-electron chi connectivity index (χ3n) is 4.10. The number of rotatable bonds is 3. The average Bonchev–Trinajstić information content (AvgIpc) is 3.01. The Labute approximate surface area is 140 Å². The lowest BCUT2D eigenvalue weighted by Crippen LogP contribution is -2.24. The molecule has 0 bridgehead atoms. The van der Waals surface area contributed by atoms with E-state index >= 15 is 0 Å². The van der Waals surface area contributed by atoms with Crippen LogP contribution in [-0.4, -0.2) is 18.4 Å². The van der Waals surface area contributed by atoms with Gasteiger partial charge in [-0.1, -0.05) is 0 Å². The van der Waals surface area contributed by atoms with Gasteiger partial charge in [0.1, 0.15) is 0 Å². The van der Waals surface area contributed by atoms with Gasteiger partial charge in [-0.15, -0.1) is 0 Å². The second-order valence-electron chi connectivity index (χ2n) is 5.79. The van der Waals surface area contributed by atoms with Crippen molar-refractivity contribution < 1.29 is 9.59 Å². The minimum Gasteiger partial charge on any atom is -0.322 e. The molecular formula is C19H17N3O2. The summed E-state index contributed by atoms with van der Waals surface area (Å²) in [4.78, 5) is 25.9. The third kappa shape index (κ3) is 3.13. The number of nitrogens with one attached hydrogen (secondary N) is 1. The predicted octanol–water partition coefficient (Wildman–Crippen LogP) is 3.25. The predicted molar refractivity (Wildman–Crippen MR) is 91.9 cm³/mol. The molecule has 5 nitrogen and oxygen atoms in total. The molecule has 0 atom stereocenters. The van der Waals surface area contributed by atoms with Crippen molar-refractivity contribution in [2.45, 2.75) is 19.8 Å². The summed E-state index contributed by atoms with van der Waals surface area (Å²) >= 11 is 0. The van der Waals surface area contributed by atoms with Gasteiger partial charge in [-0.05, 0) is 61.4 Å².